The van der Waals surface area contributed by atoms with E-state index < -0.39 is 0 Å². The number of rotatable bonds is 3. The molecule has 0 fully saturated rings. The molecule has 2 N–H and O–H groups in total. The molecule has 64 valence electrons. The van der Waals surface area contributed by atoms with Gasteiger partial charge in [-0.05, 0) is 17.7 Å². The van der Waals surface area contributed by atoms with Crippen LogP contribution in [0.1, 0.15) is 23.0 Å². The normalized spacial score (nSPS) is 9.83. The Kier molecular flexibility index (Phi) is 2.90. The van der Waals surface area contributed by atoms with Crippen molar-refractivity contribution in [3.05, 3.63) is 29.6 Å². The second kappa shape index (κ2) is 3.94. The van der Waals surface area contributed by atoms with Gasteiger partial charge in [0.25, 0.3) is 0 Å². The predicted octanol–water partition coefficient (Wildman–Crippen LogP) is 0.675. The zero-order chi connectivity index (χ0) is 8.97. The molecule has 0 unspecified atom stereocenters. The zero-order valence-corrected chi connectivity index (χ0v) is 6.78. The maximum atomic E-state index is 10.9. The second-order valence-electron chi connectivity index (χ2n) is 2.42. The van der Waals surface area contributed by atoms with Crippen molar-refractivity contribution >= 4 is 5.78 Å². The third kappa shape index (κ3) is 2.11. The lowest BCUT2D eigenvalue weighted by Gasteiger charge is -1.99. The molecule has 0 amide bonds. The quantitative estimate of drug-likeness (QED) is 0.529. The van der Waals surface area contributed by atoms with Crippen molar-refractivity contribution in [3.63, 3.8) is 0 Å². The van der Waals surface area contributed by atoms with Crippen LogP contribution in [0.2, 0.25) is 0 Å². The molecule has 0 bridgehead atoms. The first-order valence-corrected chi connectivity index (χ1v) is 3.51. The molecule has 0 aliphatic carbocycles. The van der Waals surface area contributed by atoms with Crippen LogP contribution in [0, 0.1) is 0 Å². The SMILES string of the molecule is CC(=O)c1cc(CON)ccn1. The number of Topliss-reactive ketones (excluding diaryl/α,β-unsaturated/α-hetero) is 1. The number of carbonyl (C=O) groups excluding carboxylic acids is 1. The number of nitrogens with zero attached hydrogens (tertiary/aromatic N) is 1. The van der Waals surface area contributed by atoms with Gasteiger partial charge in [0.15, 0.2) is 5.78 Å². The Balaban J connectivity index is 2.88. The van der Waals surface area contributed by atoms with Gasteiger partial charge in [0.1, 0.15) is 5.69 Å². The van der Waals surface area contributed by atoms with Crippen molar-refractivity contribution in [2.24, 2.45) is 5.90 Å². The van der Waals surface area contributed by atoms with Crippen LogP contribution in [-0.4, -0.2) is 10.8 Å². The Bertz CT molecular complexity index is 286. The standard InChI is InChI=1S/C8H10N2O2/c1-6(11)8-4-7(5-12-9)2-3-10-8/h2-4H,5,9H2,1H3. The van der Waals surface area contributed by atoms with Gasteiger partial charge in [0, 0.05) is 13.1 Å². The molecule has 4 nitrogen and oxygen atoms in total. The molecule has 0 aromatic carbocycles. The molecule has 12 heavy (non-hydrogen) atoms. The van der Waals surface area contributed by atoms with E-state index in [4.69, 9.17) is 5.90 Å². The van der Waals surface area contributed by atoms with E-state index in [-0.39, 0.29) is 5.78 Å². The van der Waals surface area contributed by atoms with Crippen LogP contribution in [0.3, 0.4) is 0 Å². The van der Waals surface area contributed by atoms with Gasteiger partial charge in [-0.3, -0.25) is 14.6 Å². The smallest absolute Gasteiger partial charge is 0.178 e. The maximum absolute atomic E-state index is 10.9. The van der Waals surface area contributed by atoms with E-state index in [0.717, 1.165) is 5.56 Å². The number of hydrogen-bond acceptors (Lipinski definition) is 4. The fourth-order valence-corrected chi connectivity index (χ4v) is 0.853. The summed E-state index contributed by atoms with van der Waals surface area (Å²) < 4.78 is 0. The largest absolute Gasteiger partial charge is 0.300 e. The highest BCUT2D eigenvalue weighted by Gasteiger charge is 2.01. The number of pyridine rings is 1. The molecular weight excluding hydrogens is 156 g/mol. The number of aromatic nitrogens is 1. The maximum Gasteiger partial charge on any atom is 0.178 e. The molecule has 0 spiro atoms. The summed E-state index contributed by atoms with van der Waals surface area (Å²) >= 11 is 0. The molecule has 1 aromatic heterocycles. The van der Waals surface area contributed by atoms with E-state index in [0.29, 0.717) is 12.3 Å². The van der Waals surface area contributed by atoms with Crippen molar-refractivity contribution < 1.29 is 9.63 Å². The summed E-state index contributed by atoms with van der Waals surface area (Å²) in [6.07, 6.45) is 1.56. The third-order valence-corrected chi connectivity index (χ3v) is 1.44. The topological polar surface area (TPSA) is 65.2 Å². The first-order valence-electron chi connectivity index (χ1n) is 3.51. The van der Waals surface area contributed by atoms with Gasteiger partial charge >= 0.3 is 0 Å². The minimum Gasteiger partial charge on any atom is -0.300 e. The lowest BCUT2D eigenvalue weighted by Crippen LogP contribution is -2.02. The van der Waals surface area contributed by atoms with Gasteiger partial charge in [-0.2, -0.15) is 0 Å². The minimum atomic E-state index is -0.0612. The van der Waals surface area contributed by atoms with Crippen molar-refractivity contribution in [2.75, 3.05) is 0 Å². The van der Waals surface area contributed by atoms with Crippen LogP contribution < -0.4 is 5.90 Å². The van der Waals surface area contributed by atoms with Crippen molar-refractivity contribution in [1.29, 1.82) is 0 Å². The summed E-state index contributed by atoms with van der Waals surface area (Å²) in [6.45, 7) is 1.76. The lowest BCUT2D eigenvalue weighted by atomic mass is 10.2. The third-order valence-electron chi connectivity index (χ3n) is 1.44. The van der Waals surface area contributed by atoms with E-state index in [2.05, 4.69) is 9.82 Å². The molecular formula is C8H10N2O2. The van der Waals surface area contributed by atoms with Gasteiger partial charge in [0.2, 0.25) is 0 Å². The van der Waals surface area contributed by atoms with Gasteiger partial charge in [-0.25, -0.2) is 5.90 Å². The highest BCUT2D eigenvalue weighted by atomic mass is 16.6. The molecule has 0 atom stereocenters. The van der Waals surface area contributed by atoms with Gasteiger partial charge in [-0.1, -0.05) is 0 Å². The Morgan fingerprint density at radius 2 is 2.50 bits per heavy atom. The Labute approximate surface area is 70.3 Å². The molecule has 0 saturated carbocycles. The highest BCUT2D eigenvalue weighted by Crippen LogP contribution is 2.02. The van der Waals surface area contributed by atoms with E-state index in [1.807, 2.05) is 0 Å². The van der Waals surface area contributed by atoms with Crippen LogP contribution in [0.25, 0.3) is 0 Å². The fourth-order valence-electron chi connectivity index (χ4n) is 0.853. The molecule has 0 aliphatic rings. The molecule has 1 rings (SSSR count). The minimum absolute atomic E-state index is 0.0612. The molecule has 0 saturated heterocycles. The summed E-state index contributed by atoms with van der Waals surface area (Å²) in [6, 6.07) is 3.41. The lowest BCUT2D eigenvalue weighted by molar-refractivity contribution is 0.101. The van der Waals surface area contributed by atoms with E-state index >= 15 is 0 Å². The molecule has 0 radical (unpaired) electrons. The highest BCUT2D eigenvalue weighted by molar-refractivity contribution is 5.92. The van der Waals surface area contributed by atoms with Crippen LogP contribution >= 0.6 is 0 Å². The monoisotopic (exact) mass is 166 g/mol. The molecule has 1 aromatic rings. The van der Waals surface area contributed by atoms with Crippen molar-refractivity contribution in [2.45, 2.75) is 13.5 Å². The zero-order valence-electron chi connectivity index (χ0n) is 6.78. The number of hydrogen-bond donors (Lipinski definition) is 1. The van der Waals surface area contributed by atoms with Gasteiger partial charge in [0.05, 0.1) is 6.61 Å². The average Bonchev–Trinajstić information content (AvgIpc) is 2.05. The number of ketones is 1. The first-order chi connectivity index (χ1) is 5.74. The van der Waals surface area contributed by atoms with Gasteiger partial charge in [-0.15, -0.1) is 0 Å². The Morgan fingerprint density at radius 3 is 3.08 bits per heavy atom. The van der Waals surface area contributed by atoms with Crippen LogP contribution in [0.15, 0.2) is 18.3 Å². The summed E-state index contributed by atoms with van der Waals surface area (Å²) in [4.78, 5) is 19.2. The van der Waals surface area contributed by atoms with Crippen LogP contribution in [-0.2, 0) is 11.4 Å². The van der Waals surface area contributed by atoms with Crippen molar-refractivity contribution in [1.82, 2.24) is 4.98 Å². The van der Waals surface area contributed by atoms with E-state index in [9.17, 15) is 4.79 Å². The van der Waals surface area contributed by atoms with Crippen molar-refractivity contribution in [3.8, 4) is 0 Å². The summed E-state index contributed by atoms with van der Waals surface area (Å²) in [5.74, 6) is 4.82. The second-order valence-corrected chi connectivity index (χ2v) is 2.42. The Morgan fingerprint density at radius 1 is 1.75 bits per heavy atom. The molecule has 4 heteroatoms. The molecule has 1 heterocycles. The fraction of sp³-hybridized carbons (Fsp3) is 0.250. The first kappa shape index (κ1) is 8.83. The number of nitrogens with two attached hydrogens (primary N) is 1. The summed E-state index contributed by atoms with van der Waals surface area (Å²) in [7, 11) is 0. The number of carbonyl (C=O) groups is 1. The van der Waals surface area contributed by atoms with Crippen LogP contribution in [0.5, 0.6) is 0 Å². The Hall–Kier alpha value is -1.26. The summed E-state index contributed by atoms with van der Waals surface area (Å²) in [5.41, 5.74) is 1.28. The van der Waals surface area contributed by atoms with Crippen LogP contribution in [0.4, 0.5) is 0 Å². The summed E-state index contributed by atoms with van der Waals surface area (Å²) in [5, 5.41) is 0. The van der Waals surface area contributed by atoms with Gasteiger partial charge < -0.3 is 0 Å². The molecule has 0 aliphatic heterocycles. The van der Waals surface area contributed by atoms with E-state index in [1.54, 1.807) is 18.3 Å². The predicted molar refractivity (Wildman–Crippen MR) is 43.2 cm³/mol. The average molecular weight is 166 g/mol. The van der Waals surface area contributed by atoms with E-state index in [1.165, 1.54) is 6.92 Å².